The monoisotopic (exact) mass is 324 g/mol. The van der Waals surface area contributed by atoms with Gasteiger partial charge in [-0.15, -0.1) is 11.3 Å². The number of thiophene rings is 1. The van der Waals surface area contributed by atoms with Gasteiger partial charge < -0.3 is 10.2 Å². The van der Waals surface area contributed by atoms with E-state index in [1.807, 2.05) is 32.0 Å². The fraction of sp³-hybridized carbons (Fsp3) is 0.105. The first-order chi connectivity index (χ1) is 11.0. The molecule has 3 nitrogen and oxygen atoms in total. The Morgan fingerprint density at radius 2 is 1.61 bits per heavy atom. The molecule has 23 heavy (non-hydrogen) atoms. The minimum Gasteiger partial charge on any atom is -0.508 e. The second-order valence-corrected chi connectivity index (χ2v) is 6.51. The number of hydrogen-bond acceptors (Lipinski definition) is 4. The summed E-state index contributed by atoms with van der Waals surface area (Å²) in [6.45, 7) is 3.93. The van der Waals surface area contributed by atoms with E-state index >= 15 is 0 Å². The summed E-state index contributed by atoms with van der Waals surface area (Å²) in [6.07, 6.45) is 0.874. The highest BCUT2D eigenvalue weighted by Crippen LogP contribution is 2.42. The number of hydrogen-bond donors (Lipinski definition) is 2. The fourth-order valence-corrected chi connectivity index (χ4v) is 4.00. The van der Waals surface area contributed by atoms with E-state index in [1.165, 1.54) is 11.3 Å². The van der Waals surface area contributed by atoms with E-state index in [9.17, 15) is 15.0 Å². The Hall–Kier alpha value is -2.59. The predicted octanol–water partition coefficient (Wildman–Crippen LogP) is 4.92. The second-order valence-electron chi connectivity index (χ2n) is 5.46. The van der Waals surface area contributed by atoms with Crippen LogP contribution in [0.1, 0.15) is 20.8 Å². The van der Waals surface area contributed by atoms with Crippen LogP contribution in [-0.2, 0) is 0 Å². The zero-order valence-corrected chi connectivity index (χ0v) is 13.6. The quantitative estimate of drug-likeness (QED) is 0.672. The first kappa shape index (κ1) is 15.3. The van der Waals surface area contributed by atoms with Crippen LogP contribution in [0.4, 0.5) is 0 Å². The molecule has 3 aromatic rings. The standard InChI is InChI=1S/C19H16O3S/c1-11-9-15(22)7-8-16(11)19-12(2)18(17(10-20)23-19)13-3-5-14(21)6-4-13/h3-10,21-22H,1-2H3. The number of phenols is 2. The molecule has 0 saturated heterocycles. The van der Waals surface area contributed by atoms with Crippen molar-refractivity contribution in [2.75, 3.05) is 0 Å². The van der Waals surface area contributed by atoms with Crippen LogP contribution in [0, 0.1) is 13.8 Å². The molecule has 0 unspecified atom stereocenters. The van der Waals surface area contributed by atoms with Gasteiger partial charge >= 0.3 is 0 Å². The van der Waals surface area contributed by atoms with Crippen molar-refractivity contribution in [2.45, 2.75) is 13.8 Å². The highest BCUT2D eigenvalue weighted by molar-refractivity contribution is 7.17. The summed E-state index contributed by atoms with van der Waals surface area (Å²) in [5.74, 6) is 0.429. The highest BCUT2D eigenvalue weighted by atomic mass is 32.1. The Morgan fingerprint density at radius 3 is 2.22 bits per heavy atom. The lowest BCUT2D eigenvalue weighted by atomic mass is 9.97. The molecule has 0 radical (unpaired) electrons. The highest BCUT2D eigenvalue weighted by Gasteiger charge is 2.18. The lowest BCUT2D eigenvalue weighted by Crippen LogP contribution is -1.85. The van der Waals surface area contributed by atoms with Crippen LogP contribution in [0.25, 0.3) is 21.6 Å². The van der Waals surface area contributed by atoms with Gasteiger partial charge in [0.25, 0.3) is 0 Å². The number of aldehydes is 1. The summed E-state index contributed by atoms with van der Waals surface area (Å²) in [7, 11) is 0. The number of rotatable bonds is 3. The molecule has 3 rings (SSSR count). The van der Waals surface area contributed by atoms with Gasteiger partial charge in [-0.1, -0.05) is 12.1 Å². The van der Waals surface area contributed by atoms with Crippen LogP contribution in [0.2, 0.25) is 0 Å². The third-order valence-corrected chi connectivity index (χ3v) is 5.14. The molecular weight excluding hydrogens is 308 g/mol. The molecule has 0 amide bonds. The van der Waals surface area contributed by atoms with Crippen molar-refractivity contribution in [3.05, 3.63) is 58.5 Å². The van der Waals surface area contributed by atoms with Gasteiger partial charge in [0.1, 0.15) is 11.5 Å². The zero-order chi connectivity index (χ0) is 16.6. The molecule has 1 aromatic heterocycles. The summed E-state index contributed by atoms with van der Waals surface area (Å²) in [5, 5.41) is 19.0. The van der Waals surface area contributed by atoms with E-state index < -0.39 is 0 Å². The average molecular weight is 324 g/mol. The lowest BCUT2D eigenvalue weighted by molar-refractivity contribution is 0.112. The van der Waals surface area contributed by atoms with Crippen LogP contribution < -0.4 is 0 Å². The molecule has 0 fully saturated rings. The fourth-order valence-electron chi connectivity index (χ4n) is 2.77. The van der Waals surface area contributed by atoms with Gasteiger partial charge in [0.15, 0.2) is 6.29 Å². The van der Waals surface area contributed by atoms with Crippen molar-refractivity contribution in [1.29, 1.82) is 0 Å². The molecule has 0 bridgehead atoms. The third kappa shape index (κ3) is 2.73. The summed E-state index contributed by atoms with van der Waals surface area (Å²) >= 11 is 1.45. The van der Waals surface area contributed by atoms with Crippen molar-refractivity contribution in [1.82, 2.24) is 0 Å². The van der Waals surface area contributed by atoms with Gasteiger partial charge in [-0.2, -0.15) is 0 Å². The predicted molar refractivity (Wildman–Crippen MR) is 93.4 cm³/mol. The molecule has 0 aliphatic heterocycles. The van der Waals surface area contributed by atoms with Crippen molar-refractivity contribution in [2.24, 2.45) is 0 Å². The van der Waals surface area contributed by atoms with Gasteiger partial charge in [-0.05, 0) is 66.4 Å². The second kappa shape index (κ2) is 5.89. The summed E-state index contributed by atoms with van der Waals surface area (Å²) in [4.78, 5) is 13.2. The van der Waals surface area contributed by atoms with Crippen molar-refractivity contribution >= 4 is 17.6 Å². The topological polar surface area (TPSA) is 57.5 Å². The van der Waals surface area contributed by atoms with Gasteiger partial charge in [0.05, 0.1) is 4.88 Å². The number of aryl methyl sites for hydroxylation is 1. The molecule has 0 aliphatic rings. The maximum absolute atomic E-state index is 11.5. The van der Waals surface area contributed by atoms with E-state index in [0.29, 0.717) is 4.88 Å². The normalized spacial score (nSPS) is 10.7. The number of carbonyl (C=O) groups is 1. The van der Waals surface area contributed by atoms with E-state index in [2.05, 4.69) is 0 Å². The van der Waals surface area contributed by atoms with E-state index in [4.69, 9.17) is 0 Å². The zero-order valence-electron chi connectivity index (χ0n) is 12.8. The van der Waals surface area contributed by atoms with Gasteiger partial charge in [0, 0.05) is 10.4 Å². The van der Waals surface area contributed by atoms with E-state index in [-0.39, 0.29) is 11.5 Å². The smallest absolute Gasteiger partial charge is 0.160 e. The largest absolute Gasteiger partial charge is 0.508 e. The summed E-state index contributed by atoms with van der Waals surface area (Å²) in [5.41, 5.74) is 4.80. The third-order valence-electron chi connectivity index (χ3n) is 3.89. The van der Waals surface area contributed by atoms with Crippen molar-refractivity contribution in [3.8, 4) is 33.1 Å². The SMILES string of the molecule is Cc1cc(O)ccc1-c1sc(C=O)c(-c2ccc(O)cc2)c1C. The van der Waals surface area contributed by atoms with Crippen LogP contribution in [0.3, 0.4) is 0 Å². The Balaban J connectivity index is 2.21. The van der Waals surface area contributed by atoms with Crippen LogP contribution in [-0.4, -0.2) is 16.5 Å². The maximum atomic E-state index is 11.5. The Labute approximate surface area is 138 Å². The minimum absolute atomic E-state index is 0.198. The Morgan fingerprint density at radius 1 is 0.957 bits per heavy atom. The molecule has 0 aliphatic carbocycles. The summed E-state index contributed by atoms with van der Waals surface area (Å²) < 4.78 is 0. The van der Waals surface area contributed by atoms with Crippen LogP contribution in [0.5, 0.6) is 11.5 Å². The van der Waals surface area contributed by atoms with E-state index in [0.717, 1.165) is 39.0 Å². The van der Waals surface area contributed by atoms with Gasteiger partial charge in [-0.3, -0.25) is 4.79 Å². The molecule has 1 heterocycles. The minimum atomic E-state index is 0.198. The van der Waals surface area contributed by atoms with E-state index in [1.54, 1.807) is 24.3 Å². The first-order valence-corrected chi connectivity index (χ1v) is 8.01. The Bertz CT molecular complexity index is 876. The van der Waals surface area contributed by atoms with Crippen LogP contribution >= 0.6 is 11.3 Å². The lowest BCUT2D eigenvalue weighted by Gasteiger charge is -2.07. The molecule has 2 N–H and O–H groups in total. The number of aromatic hydroxyl groups is 2. The Kier molecular flexibility index (Phi) is 3.92. The number of phenolic OH excluding ortho intramolecular Hbond substituents is 2. The molecule has 4 heteroatoms. The van der Waals surface area contributed by atoms with Gasteiger partial charge in [-0.25, -0.2) is 0 Å². The van der Waals surface area contributed by atoms with Crippen molar-refractivity contribution in [3.63, 3.8) is 0 Å². The van der Waals surface area contributed by atoms with Crippen LogP contribution in [0.15, 0.2) is 42.5 Å². The average Bonchev–Trinajstić information content (AvgIpc) is 2.85. The molecule has 2 aromatic carbocycles. The molecule has 116 valence electrons. The number of benzene rings is 2. The summed E-state index contributed by atoms with van der Waals surface area (Å²) in [6, 6.07) is 12.1. The molecule has 0 atom stereocenters. The maximum Gasteiger partial charge on any atom is 0.160 e. The van der Waals surface area contributed by atoms with Crippen molar-refractivity contribution < 1.29 is 15.0 Å². The first-order valence-electron chi connectivity index (χ1n) is 7.19. The van der Waals surface area contributed by atoms with Gasteiger partial charge in [0.2, 0.25) is 0 Å². The molecule has 0 saturated carbocycles. The number of carbonyl (C=O) groups excluding carboxylic acids is 1. The molecule has 0 spiro atoms. The molecular formula is C19H16O3S.